The van der Waals surface area contributed by atoms with Crippen LogP contribution in [-0.2, 0) is 0 Å². The van der Waals surface area contributed by atoms with Crippen molar-refractivity contribution in [2.45, 2.75) is 25.9 Å². The third kappa shape index (κ3) is 3.85. The van der Waals surface area contributed by atoms with Gasteiger partial charge < -0.3 is 9.84 Å². The van der Waals surface area contributed by atoms with E-state index in [2.05, 4.69) is 18.7 Å². The number of aliphatic hydroxyl groups is 1. The molecule has 1 heterocycles. The average Bonchev–Trinajstić information content (AvgIpc) is 2.33. The fourth-order valence-corrected chi connectivity index (χ4v) is 2.39. The first kappa shape index (κ1) is 14.6. The van der Waals surface area contributed by atoms with E-state index in [1.165, 1.54) is 0 Å². The minimum atomic E-state index is -0.475. The molecular weight excluding hydrogens is 262 g/mol. The molecule has 0 unspecified atom stereocenters. The molecule has 0 aliphatic carbocycles. The van der Waals surface area contributed by atoms with Crippen molar-refractivity contribution in [2.75, 3.05) is 26.2 Å². The Hall–Kier alpha value is -0.770. The molecule has 0 bridgehead atoms. The van der Waals surface area contributed by atoms with Crippen molar-refractivity contribution in [1.29, 1.82) is 0 Å². The summed E-state index contributed by atoms with van der Waals surface area (Å²) in [6.45, 7) is 7.38. The van der Waals surface area contributed by atoms with Gasteiger partial charge in [-0.25, -0.2) is 0 Å². The Morgan fingerprint density at radius 1 is 1.32 bits per heavy atom. The van der Waals surface area contributed by atoms with Crippen LogP contribution >= 0.6 is 11.6 Å². The number of hydrogen-bond acceptors (Lipinski definition) is 3. The van der Waals surface area contributed by atoms with E-state index in [0.29, 0.717) is 12.5 Å². The van der Waals surface area contributed by atoms with Gasteiger partial charge >= 0.3 is 0 Å². The molecule has 106 valence electrons. The highest BCUT2D eigenvalue weighted by Crippen LogP contribution is 2.28. The summed E-state index contributed by atoms with van der Waals surface area (Å²) >= 11 is 5.81. The standard InChI is InChI=1S/C15H22ClNO2/c1-12(2)15(18)10-17(11-15)8-3-9-19-14-6-4-13(16)5-7-14/h4-7,12,18H,3,8-11H2,1-2H3. The molecule has 1 fully saturated rings. The van der Waals surface area contributed by atoms with E-state index >= 15 is 0 Å². The van der Waals surface area contributed by atoms with Crippen LogP contribution in [-0.4, -0.2) is 41.8 Å². The van der Waals surface area contributed by atoms with E-state index < -0.39 is 5.60 Å². The van der Waals surface area contributed by atoms with Gasteiger partial charge in [0.15, 0.2) is 0 Å². The van der Waals surface area contributed by atoms with Gasteiger partial charge in [-0.2, -0.15) is 0 Å². The van der Waals surface area contributed by atoms with Crippen LogP contribution in [0.5, 0.6) is 5.75 Å². The lowest BCUT2D eigenvalue weighted by Crippen LogP contribution is -2.64. The van der Waals surface area contributed by atoms with Crippen LogP contribution in [0.15, 0.2) is 24.3 Å². The molecular formula is C15H22ClNO2. The fraction of sp³-hybridized carbons (Fsp3) is 0.600. The zero-order valence-corrected chi connectivity index (χ0v) is 12.4. The maximum absolute atomic E-state index is 10.1. The van der Waals surface area contributed by atoms with Crippen LogP contribution in [0.25, 0.3) is 0 Å². The van der Waals surface area contributed by atoms with Crippen LogP contribution in [0.3, 0.4) is 0 Å². The summed E-state index contributed by atoms with van der Waals surface area (Å²) in [7, 11) is 0. The van der Waals surface area contributed by atoms with E-state index in [1.54, 1.807) is 0 Å². The Bertz CT molecular complexity index is 399. The number of hydrogen-bond donors (Lipinski definition) is 1. The van der Waals surface area contributed by atoms with Crippen molar-refractivity contribution >= 4 is 11.6 Å². The van der Waals surface area contributed by atoms with Crippen LogP contribution < -0.4 is 4.74 Å². The molecule has 1 saturated heterocycles. The lowest BCUT2D eigenvalue weighted by atomic mass is 9.83. The first-order valence-corrected chi connectivity index (χ1v) is 7.20. The van der Waals surface area contributed by atoms with Gasteiger partial charge in [-0.15, -0.1) is 0 Å². The molecule has 0 aromatic heterocycles. The summed E-state index contributed by atoms with van der Waals surface area (Å²) < 4.78 is 5.63. The second kappa shape index (κ2) is 6.12. The maximum Gasteiger partial charge on any atom is 0.119 e. The van der Waals surface area contributed by atoms with Crippen LogP contribution in [0.1, 0.15) is 20.3 Å². The first-order valence-electron chi connectivity index (χ1n) is 6.83. The molecule has 0 radical (unpaired) electrons. The number of rotatable bonds is 6. The molecule has 0 spiro atoms. The SMILES string of the molecule is CC(C)C1(O)CN(CCCOc2ccc(Cl)cc2)C1. The van der Waals surface area contributed by atoms with Gasteiger partial charge in [0.05, 0.1) is 12.2 Å². The molecule has 1 aliphatic heterocycles. The van der Waals surface area contributed by atoms with Crippen LogP contribution in [0, 0.1) is 5.92 Å². The summed E-state index contributed by atoms with van der Waals surface area (Å²) in [4.78, 5) is 2.27. The van der Waals surface area contributed by atoms with Crippen LogP contribution in [0.2, 0.25) is 5.02 Å². The molecule has 1 aromatic carbocycles. The van der Waals surface area contributed by atoms with Crippen molar-refractivity contribution in [3.05, 3.63) is 29.3 Å². The highest BCUT2D eigenvalue weighted by Gasteiger charge is 2.42. The van der Waals surface area contributed by atoms with Crippen molar-refractivity contribution < 1.29 is 9.84 Å². The van der Waals surface area contributed by atoms with Gasteiger partial charge in [-0.05, 0) is 36.6 Å². The van der Waals surface area contributed by atoms with Crippen molar-refractivity contribution in [2.24, 2.45) is 5.92 Å². The van der Waals surface area contributed by atoms with E-state index in [4.69, 9.17) is 16.3 Å². The molecule has 4 heteroatoms. The fourth-order valence-electron chi connectivity index (χ4n) is 2.26. The average molecular weight is 284 g/mol. The van der Waals surface area contributed by atoms with E-state index in [-0.39, 0.29) is 0 Å². The highest BCUT2D eigenvalue weighted by atomic mass is 35.5. The minimum Gasteiger partial charge on any atom is -0.494 e. The minimum absolute atomic E-state index is 0.328. The van der Waals surface area contributed by atoms with Gasteiger partial charge in [-0.1, -0.05) is 25.4 Å². The summed E-state index contributed by atoms with van der Waals surface area (Å²) in [6.07, 6.45) is 0.969. The number of halogens is 1. The molecule has 1 N–H and O–H groups in total. The number of likely N-dealkylation sites (tertiary alicyclic amines) is 1. The van der Waals surface area contributed by atoms with Crippen LogP contribution in [0.4, 0.5) is 0 Å². The lowest BCUT2D eigenvalue weighted by molar-refractivity contribution is -0.127. The molecule has 0 amide bonds. The summed E-state index contributed by atoms with van der Waals surface area (Å²) in [5.74, 6) is 1.18. The predicted octanol–water partition coefficient (Wildman–Crippen LogP) is 2.81. The van der Waals surface area contributed by atoms with Crippen molar-refractivity contribution in [1.82, 2.24) is 4.90 Å². The molecule has 0 saturated carbocycles. The van der Waals surface area contributed by atoms with Crippen molar-refractivity contribution in [3.63, 3.8) is 0 Å². The Balaban J connectivity index is 1.60. The quantitative estimate of drug-likeness (QED) is 0.815. The lowest BCUT2D eigenvalue weighted by Gasteiger charge is -2.49. The monoisotopic (exact) mass is 283 g/mol. The number of β-amino-alcohol motifs (C(OH)–C–C–N with tert-alkyl or cyclic N) is 1. The number of benzene rings is 1. The summed E-state index contributed by atoms with van der Waals surface area (Å²) in [6, 6.07) is 7.41. The highest BCUT2D eigenvalue weighted by molar-refractivity contribution is 6.30. The molecule has 2 rings (SSSR count). The maximum atomic E-state index is 10.1. The third-order valence-electron chi connectivity index (χ3n) is 3.77. The van der Waals surface area contributed by atoms with Gasteiger partial charge in [-0.3, -0.25) is 4.90 Å². The Labute approximate surface area is 120 Å². The van der Waals surface area contributed by atoms with Gasteiger partial charge in [0.2, 0.25) is 0 Å². The zero-order chi connectivity index (χ0) is 13.9. The van der Waals surface area contributed by atoms with Gasteiger partial charge in [0, 0.05) is 24.7 Å². The second-order valence-corrected chi connectivity index (χ2v) is 6.06. The van der Waals surface area contributed by atoms with Crippen molar-refractivity contribution in [3.8, 4) is 5.75 Å². The summed E-state index contributed by atoms with van der Waals surface area (Å²) in [5.41, 5.74) is -0.475. The molecule has 19 heavy (non-hydrogen) atoms. The predicted molar refractivity (Wildman–Crippen MR) is 77.8 cm³/mol. The number of nitrogens with zero attached hydrogens (tertiary/aromatic N) is 1. The number of ether oxygens (including phenoxy) is 1. The Morgan fingerprint density at radius 3 is 2.53 bits per heavy atom. The second-order valence-electron chi connectivity index (χ2n) is 5.62. The Kier molecular flexibility index (Phi) is 4.71. The zero-order valence-electron chi connectivity index (χ0n) is 11.6. The summed E-state index contributed by atoms with van der Waals surface area (Å²) in [5, 5.41) is 10.9. The molecule has 1 aromatic rings. The van der Waals surface area contributed by atoms with E-state index in [1.807, 2.05) is 24.3 Å². The topological polar surface area (TPSA) is 32.7 Å². The van der Waals surface area contributed by atoms with Gasteiger partial charge in [0.1, 0.15) is 5.75 Å². The molecule has 1 aliphatic rings. The molecule has 3 nitrogen and oxygen atoms in total. The largest absolute Gasteiger partial charge is 0.494 e. The van der Waals surface area contributed by atoms with E-state index in [9.17, 15) is 5.11 Å². The smallest absolute Gasteiger partial charge is 0.119 e. The third-order valence-corrected chi connectivity index (χ3v) is 4.02. The normalized spacial score (nSPS) is 18.4. The Morgan fingerprint density at radius 2 is 1.95 bits per heavy atom. The van der Waals surface area contributed by atoms with Gasteiger partial charge in [0.25, 0.3) is 0 Å². The molecule has 0 atom stereocenters. The first-order chi connectivity index (χ1) is 8.99. The van der Waals surface area contributed by atoms with E-state index in [0.717, 1.165) is 36.8 Å².